The number of benzene rings is 4. The summed E-state index contributed by atoms with van der Waals surface area (Å²) in [5.74, 6) is -1.74. The summed E-state index contributed by atoms with van der Waals surface area (Å²) >= 11 is 0. The normalized spacial score (nSPS) is 13.9. The van der Waals surface area contributed by atoms with Crippen LogP contribution in [0.15, 0.2) is 136 Å². The van der Waals surface area contributed by atoms with Crippen LogP contribution in [0.3, 0.4) is 0 Å². The topological polar surface area (TPSA) is 164 Å². The zero-order chi connectivity index (χ0) is 33.6. The number of hydrogen-bond donors (Lipinski definition) is 0. The maximum atomic E-state index is 14.4. The number of hydrogen-bond acceptors (Lipinski definition) is 7. The van der Waals surface area contributed by atoms with Crippen LogP contribution in [-0.4, -0.2) is 54.6 Å². The van der Waals surface area contributed by atoms with Gasteiger partial charge in [0.25, 0.3) is 31.9 Å². The van der Waals surface area contributed by atoms with Crippen LogP contribution >= 0.6 is 0 Å². The number of aromatic nitrogens is 2. The van der Waals surface area contributed by atoms with Gasteiger partial charge in [0.1, 0.15) is 0 Å². The predicted octanol–water partition coefficient (Wildman–Crippen LogP) is 5.66. The molecule has 0 fully saturated rings. The van der Waals surface area contributed by atoms with E-state index in [1.54, 1.807) is 84.9 Å². The highest BCUT2D eigenvalue weighted by atomic mass is 32.2. The minimum atomic E-state index is -4.37. The number of rotatable bonds is 9. The van der Waals surface area contributed by atoms with Crippen LogP contribution in [0.1, 0.15) is 11.4 Å². The minimum absolute atomic E-state index is 0.0625. The molecule has 1 aliphatic rings. The Balaban J connectivity index is 1.60. The standard InChI is InChI=1S/C34H24N6O6S2/c35-37-36-19-20-38-33(41)31(29-21-23-11-7-9-17-27(23)39(29)47(43,44)25-13-3-1-4-14-25)32(34(38)42)30-22-24-12-8-10-18-28(24)40(30)48(45,46)26-15-5-2-6-16-26/h1-18,21-22H,19-20H2. The molecule has 0 N–H and O–H groups in total. The largest absolute Gasteiger partial charge is 0.274 e. The minimum Gasteiger partial charge on any atom is -0.274 e. The third kappa shape index (κ3) is 4.78. The molecule has 0 saturated carbocycles. The Hall–Kier alpha value is -5.95. The smallest absolute Gasteiger partial charge is 0.268 e. The molecule has 0 radical (unpaired) electrons. The molecule has 238 valence electrons. The summed E-state index contributed by atoms with van der Waals surface area (Å²) < 4.78 is 59.4. The molecule has 0 saturated heterocycles. The molecule has 1 aliphatic heterocycles. The SMILES string of the molecule is [N-]=[N+]=NCCN1C(=O)C(c2cc3ccccc3n2S(=O)(=O)c2ccccc2)=C(c2cc3ccccc3n2S(=O)(=O)c2ccccc2)C1=O. The first-order valence-corrected chi connectivity index (χ1v) is 17.5. The maximum Gasteiger partial charge on any atom is 0.268 e. The summed E-state index contributed by atoms with van der Waals surface area (Å²) in [6, 6.07) is 31.5. The first-order valence-electron chi connectivity index (χ1n) is 14.6. The van der Waals surface area contributed by atoms with Gasteiger partial charge < -0.3 is 0 Å². The van der Waals surface area contributed by atoms with Crippen molar-refractivity contribution in [2.24, 2.45) is 5.11 Å². The molecule has 3 heterocycles. The number of carbonyl (C=O) groups is 2. The summed E-state index contributed by atoms with van der Waals surface area (Å²) in [6.07, 6.45) is 0. The van der Waals surface area contributed by atoms with E-state index < -0.39 is 31.9 Å². The average molecular weight is 677 g/mol. The van der Waals surface area contributed by atoms with Crippen LogP contribution in [0, 0.1) is 0 Å². The maximum absolute atomic E-state index is 14.4. The molecule has 2 aromatic heterocycles. The molecule has 6 aromatic rings. The monoisotopic (exact) mass is 676 g/mol. The van der Waals surface area contributed by atoms with E-state index in [9.17, 15) is 26.4 Å². The van der Waals surface area contributed by atoms with Gasteiger partial charge in [-0.05, 0) is 54.1 Å². The second-order valence-corrected chi connectivity index (χ2v) is 14.4. The number of azide groups is 1. The molecule has 48 heavy (non-hydrogen) atoms. The lowest BCUT2D eigenvalue weighted by atomic mass is 10.0. The molecule has 0 unspecified atom stereocenters. The lowest BCUT2D eigenvalue weighted by molar-refractivity contribution is -0.135. The molecule has 2 amide bonds. The first-order chi connectivity index (χ1) is 23.2. The molecule has 7 rings (SSSR count). The Morgan fingerprint density at radius 1 is 0.583 bits per heavy atom. The molecule has 14 heteroatoms. The van der Waals surface area contributed by atoms with E-state index in [-0.39, 0.29) is 56.4 Å². The van der Waals surface area contributed by atoms with Crippen LogP contribution in [0.4, 0.5) is 0 Å². The molecule has 0 bridgehead atoms. The Labute approximate surface area is 274 Å². The molecular formula is C34H24N6O6S2. The van der Waals surface area contributed by atoms with Crippen LogP contribution in [0.25, 0.3) is 43.4 Å². The summed E-state index contributed by atoms with van der Waals surface area (Å²) in [7, 11) is -8.75. The van der Waals surface area contributed by atoms with E-state index in [0.29, 0.717) is 10.8 Å². The van der Waals surface area contributed by atoms with Crippen molar-refractivity contribution in [2.75, 3.05) is 13.1 Å². The van der Waals surface area contributed by atoms with Gasteiger partial charge in [-0.3, -0.25) is 14.5 Å². The second kappa shape index (κ2) is 11.7. The summed E-state index contributed by atoms with van der Waals surface area (Å²) in [6.45, 7) is -0.586. The fraction of sp³-hybridized carbons (Fsp3) is 0.0588. The van der Waals surface area contributed by atoms with Gasteiger partial charge in [0.15, 0.2) is 0 Å². The van der Waals surface area contributed by atoms with E-state index in [0.717, 1.165) is 12.8 Å². The third-order valence-corrected chi connectivity index (χ3v) is 11.5. The number of nitrogens with zero attached hydrogens (tertiary/aromatic N) is 6. The molecule has 12 nitrogen and oxygen atoms in total. The number of para-hydroxylation sites is 2. The van der Waals surface area contributed by atoms with Gasteiger partial charge in [0.2, 0.25) is 0 Å². The summed E-state index contributed by atoms with van der Waals surface area (Å²) in [5.41, 5.74) is 8.48. The van der Waals surface area contributed by atoms with Crippen molar-refractivity contribution in [1.82, 2.24) is 12.8 Å². The molecule has 0 atom stereocenters. The van der Waals surface area contributed by atoms with Crippen molar-refractivity contribution < 1.29 is 26.4 Å². The molecular weight excluding hydrogens is 653 g/mol. The molecule has 4 aromatic carbocycles. The predicted molar refractivity (Wildman–Crippen MR) is 179 cm³/mol. The van der Waals surface area contributed by atoms with E-state index in [1.807, 2.05) is 0 Å². The summed E-state index contributed by atoms with van der Waals surface area (Å²) in [4.78, 5) is 32.2. The van der Waals surface area contributed by atoms with Gasteiger partial charge in [0.05, 0.1) is 43.4 Å². The van der Waals surface area contributed by atoms with Crippen LogP contribution in [0.5, 0.6) is 0 Å². The van der Waals surface area contributed by atoms with E-state index in [2.05, 4.69) is 10.0 Å². The Morgan fingerprint density at radius 2 is 0.979 bits per heavy atom. The van der Waals surface area contributed by atoms with Gasteiger partial charge in [-0.25, -0.2) is 24.8 Å². The van der Waals surface area contributed by atoms with E-state index in [1.165, 1.54) is 36.4 Å². The zero-order valence-corrected chi connectivity index (χ0v) is 26.5. The van der Waals surface area contributed by atoms with Gasteiger partial charge in [-0.2, -0.15) is 0 Å². The van der Waals surface area contributed by atoms with Gasteiger partial charge >= 0.3 is 0 Å². The lowest BCUT2D eigenvalue weighted by Crippen LogP contribution is -2.34. The lowest BCUT2D eigenvalue weighted by Gasteiger charge is -2.15. The number of imide groups is 1. The summed E-state index contributed by atoms with van der Waals surface area (Å²) in [5, 5.41) is 4.40. The highest BCUT2D eigenvalue weighted by Gasteiger charge is 2.44. The highest BCUT2D eigenvalue weighted by molar-refractivity contribution is 7.90. The van der Waals surface area contributed by atoms with Gasteiger partial charge in [0, 0.05) is 28.8 Å². The number of carbonyl (C=O) groups excluding carboxylic acids is 2. The van der Waals surface area contributed by atoms with Crippen LogP contribution < -0.4 is 0 Å². The molecule has 0 aliphatic carbocycles. The zero-order valence-electron chi connectivity index (χ0n) is 24.9. The van der Waals surface area contributed by atoms with Crippen LogP contribution in [0.2, 0.25) is 0 Å². The Morgan fingerprint density at radius 3 is 1.40 bits per heavy atom. The fourth-order valence-electron chi connectivity index (χ4n) is 5.97. The van der Waals surface area contributed by atoms with Crippen molar-refractivity contribution in [1.29, 1.82) is 0 Å². The van der Waals surface area contributed by atoms with Crippen molar-refractivity contribution in [3.63, 3.8) is 0 Å². The van der Waals surface area contributed by atoms with E-state index in [4.69, 9.17) is 5.53 Å². The Bertz CT molecular complexity index is 2420. The Kier molecular flexibility index (Phi) is 7.47. The number of amides is 2. The van der Waals surface area contributed by atoms with Crippen molar-refractivity contribution >= 4 is 64.8 Å². The van der Waals surface area contributed by atoms with Gasteiger partial charge in [-0.1, -0.05) is 77.9 Å². The number of fused-ring (bicyclic) bond motifs is 2. The van der Waals surface area contributed by atoms with Crippen molar-refractivity contribution in [2.45, 2.75) is 9.79 Å². The van der Waals surface area contributed by atoms with Gasteiger partial charge in [-0.15, -0.1) is 0 Å². The fourth-order valence-corrected chi connectivity index (χ4v) is 9.05. The average Bonchev–Trinajstić information content (AvgIpc) is 3.75. The first kappa shape index (κ1) is 30.7. The quantitative estimate of drug-likeness (QED) is 0.0830. The van der Waals surface area contributed by atoms with Crippen molar-refractivity contribution in [3.8, 4) is 0 Å². The van der Waals surface area contributed by atoms with E-state index >= 15 is 0 Å². The third-order valence-electron chi connectivity index (χ3n) is 8.06. The highest BCUT2D eigenvalue weighted by Crippen LogP contribution is 2.42. The molecule has 0 spiro atoms. The van der Waals surface area contributed by atoms with Crippen molar-refractivity contribution in [3.05, 3.63) is 143 Å². The second-order valence-electron chi connectivity index (χ2n) is 10.8. The van der Waals surface area contributed by atoms with Crippen LogP contribution in [-0.2, 0) is 29.6 Å².